The SMILES string of the molecule is CCN(CC(=O)NCc1cccs1)C(=O)CN1C(=O)C(=O)N(C(C)C)C1=O. The molecule has 0 aromatic carbocycles. The first-order chi connectivity index (χ1) is 12.8. The Hall–Kier alpha value is -2.75. The fraction of sp³-hybridized carbons (Fsp3) is 0.471. The average Bonchev–Trinajstić information content (AvgIpc) is 3.20. The number of hydrogen-bond donors (Lipinski definition) is 1. The van der Waals surface area contributed by atoms with Gasteiger partial charge in [0.2, 0.25) is 11.8 Å². The lowest BCUT2D eigenvalue weighted by molar-refractivity contribution is -0.145. The highest BCUT2D eigenvalue weighted by atomic mass is 32.1. The zero-order valence-corrected chi connectivity index (χ0v) is 16.2. The Bertz CT molecular complexity index is 747. The van der Waals surface area contributed by atoms with Gasteiger partial charge in [-0.3, -0.25) is 24.1 Å². The molecule has 0 atom stereocenters. The normalized spacial score (nSPS) is 14.3. The second-order valence-electron chi connectivity index (χ2n) is 6.21. The highest BCUT2D eigenvalue weighted by Crippen LogP contribution is 2.15. The van der Waals surface area contributed by atoms with Crippen molar-refractivity contribution in [3.63, 3.8) is 0 Å². The molecule has 1 N–H and O–H groups in total. The summed E-state index contributed by atoms with van der Waals surface area (Å²) < 4.78 is 0. The molecule has 0 radical (unpaired) electrons. The Morgan fingerprint density at radius 1 is 1.22 bits per heavy atom. The quantitative estimate of drug-likeness (QED) is 0.508. The highest BCUT2D eigenvalue weighted by molar-refractivity contribution is 7.09. The molecule has 27 heavy (non-hydrogen) atoms. The summed E-state index contributed by atoms with van der Waals surface area (Å²) >= 11 is 1.51. The van der Waals surface area contributed by atoms with Crippen LogP contribution in [0.1, 0.15) is 25.6 Å². The predicted molar refractivity (Wildman–Crippen MR) is 97.5 cm³/mol. The van der Waals surface area contributed by atoms with Gasteiger partial charge in [-0.1, -0.05) is 6.07 Å². The van der Waals surface area contributed by atoms with Crippen molar-refractivity contribution in [3.05, 3.63) is 22.4 Å². The van der Waals surface area contributed by atoms with E-state index < -0.39 is 36.3 Å². The van der Waals surface area contributed by atoms with Crippen molar-refractivity contribution in [1.29, 1.82) is 0 Å². The molecule has 1 saturated heterocycles. The number of thiophene rings is 1. The summed E-state index contributed by atoms with van der Waals surface area (Å²) in [6.45, 7) is 4.71. The second-order valence-corrected chi connectivity index (χ2v) is 7.24. The van der Waals surface area contributed by atoms with Gasteiger partial charge in [-0.2, -0.15) is 0 Å². The number of amides is 6. The van der Waals surface area contributed by atoms with Gasteiger partial charge in [0.25, 0.3) is 0 Å². The zero-order valence-electron chi connectivity index (χ0n) is 15.4. The third kappa shape index (κ3) is 4.70. The minimum Gasteiger partial charge on any atom is -0.350 e. The number of nitrogens with zero attached hydrogens (tertiary/aromatic N) is 3. The lowest BCUT2D eigenvalue weighted by atomic mass is 10.3. The molecule has 1 aromatic rings. The van der Waals surface area contributed by atoms with Crippen molar-refractivity contribution < 1.29 is 24.0 Å². The smallest absolute Gasteiger partial charge is 0.334 e. The minimum atomic E-state index is -1.03. The summed E-state index contributed by atoms with van der Waals surface area (Å²) in [6.07, 6.45) is 0. The molecule has 2 heterocycles. The number of hydrogen-bond acceptors (Lipinski definition) is 6. The Labute approximate surface area is 160 Å². The number of imide groups is 2. The van der Waals surface area contributed by atoms with E-state index in [0.717, 1.165) is 9.78 Å². The summed E-state index contributed by atoms with van der Waals surface area (Å²) in [7, 11) is 0. The maximum atomic E-state index is 12.4. The third-order valence-electron chi connectivity index (χ3n) is 4.00. The van der Waals surface area contributed by atoms with Crippen molar-refractivity contribution in [1.82, 2.24) is 20.0 Å². The van der Waals surface area contributed by atoms with E-state index in [1.807, 2.05) is 17.5 Å². The molecular weight excluding hydrogens is 372 g/mol. The van der Waals surface area contributed by atoms with E-state index in [0.29, 0.717) is 11.4 Å². The molecule has 146 valence electrons. The van der Waals surface area contributed by atoms with E-state index in [1.54, 1.807) is 20.8 Å². The number of likely N-dealkylation sites (N-methyl/N-ethyl adjacent to an activating group) is 1. The first kappa shape index (κ1) is 20.6. The van der Waals surface area contributed by atoms with Gasteiger partial charge in [-0.15, -0.1) is 11.3 Å². The van der Waals surface area contributed by atoms with E-state index in [1.165, 1.54) is 16.2 Å². The van der Waals surface area contributed by atoms with Crippen LogP contribution in [0.15, 0.2) is 17.5 Å². The van der Waals surface area contributed by atoms with Crippen LogP contribution in [0.4, 0.5) is 4.79 Å². The number of carbonyl (C=O) groups excluding carboxylic acids is 5. The first-order valence-electron chi connectivity index (χ1n) is 8.52. The largest absolute Gasteiger partial charge is 0.350 e. The highest BCUT2D eigenvalue weighted by Gasteiger charge is 2.46. The predicted octanol–water partition coefficient (Wildman–Crippen LogP) is 0.412. The number of rotatable bonds is 8. The van der Waals surface area contributed by atoms with E-state index in [4.69, 9.17) is 0 Å². The molecule has 0 unspecified atom stereocenters. The van der Waals surface area contributed by atoms with E-state index in [9.17, 15) is 24.0 Å². The molecule has 0 bridgehead atoms. The molecule has 1 aliphatic rings. The van der Waals surface area contributed by atoms with Crippen LogP contribution >= 0.6 is 11.3 Å². The summed E-state index contributed by atoms with van der Waals surface area (Å²) in [5, 5.41) is 4.61. The van der Waals surface area contributed by atoms with Gasteiger partial charge in [-0.05, 0) is 32.2 Å². The Kier molecular flexibility index (Phi) is 6.67. The second kappa shape index (κ2) is 8.76. The molecule has 10 heteroatoms. The first-order valence-corrected chi connectivity index (χ1v) is 9.40. The summed E-state index contributed by atoms with van der Waals surface area (Å²) in [5.74, 6) is -2.90. The minimum absolute atomic E-state index is 0.196. The van der Waals surface area contributed by atoms with Crippen molar-refractivity contribution in [2.45, 2.75) is 33.4 Å². The number of nitrogens with one attached hydrogen (secondary N) is 1. The molecule has 0 aliphatic carbocycles. The molecule has 0 saturated carbocycles. The van der Waals surface area contributed by atoms with Crippen LogP contribution in [0, 0.1) is 0 Å². The van der Waals surface area contributed by atoms with Crippen molar-refractivity contribution >= 4 is 41.0 Å². The van der Waals surface area contributed by atoms with Crippen LogP contribution in [0.2, 0.25) is 0 Å². The Morgan fingerprint density at radius 3 is 2.44 bits per heavy atom. The van der Waals surface area contributed by atoms with Crippen LogP contribution in [0.3, 0.4) is 0 Å². The molecule has 6 amide bonds. The van der Waals surface area contributed by atoms with Crippen LogP contribution in [-0.4, -0.2) is 70.0 Å². The lowest BCUT2D eigenvalue weighted by Crippen LogP contribution is -2.47. The zero-order chi connectivity index (χ0) is 20.1. The molecule has 9 nitrogen and oxygen atoms in total. The summed E-state index contributed by atoms with van der Waals surface area (Å²) in [6, 6.07) is 2.46. The van der Waals surface area contributed by atoms with Gasteiger partial charge in [-0.25, -0.2) is 9.69 Å². The molecule has 2 rings (SSSR count). The van der Waals surface area contributed by atoms with Gasteiger partial charge in [0.1, 0.15) is 6.54 Å². The Balaban J connectivity index is 1.94. The van der Waals surface area contributed by atoms with Crippen LogP contribution in [0.25, 0.3) is 0 Å². The molecule has 0 spiro atoms. The van der Waals surface area contributed by atoms with Crippen LogP contribution in [-0.2, 0) is 25.7 Å². The van der Waals surface area contributed by atoms with E-state index >= 15 is 0 Å². The lowest BCUT2D eigenvalue weighted by Gasteiger charge is -2.23. The van der Waals surface area contributed by atoms with E-state index in [2.05, 4.69) is 5.32 Å². The van der Waals surface area contributed by atoms with Crippen LogP contribution < -0.4 is 5.32 Å². The number of urea groups is 1. The molecular formula is C17H22N4O5S. The maximum absolute atomic E-state index is 12.4. The standard InChI is InChI=1S/C17H22N4O5S/c1-4-19(9-13(22)18-8-12-6-5-7-27-12)14(23)10-20-15(24)16(25)21(11(2)3)17(20)26/h5-7,11H,4,8-10H2,1-3H3,(H,18,22). The van der Waals surface area contributed by atoms with Gasteiger partial charge in [0.15, 0.2) is 0 Å². The third-order valence-corrected chi connectivity index (χ3v) is 4.88. The van der Waals surface area contributed by atoms with Crippen LogP contribution in [0.5, 0.6) is 0 Å². The molecule has 1 aliphatic heterocycles. The molecule has 1 aromatic heterocycles. The fourth-order valence-electron chi connectivity index (χ4n) is 2.56. The van der Waals surface area contributed by atoms with E-state index in [-0.39, 0.29) is 19.0 Å². The summed E-state index contributed by atoms with van der Waals surface area (Å²) in [5.41, 5.74) is 0. The average molecular weight is 394 g/mol. The molecule has 1 fully saturated rings. The van der Waals surface area contributed by atoms with Crippen molar-refractivity contribution in [2.75, 3.05) is 19.6 Å². The summed E-state index contributed by atoms with van der Waals surface area (Å²) in [4.78, 5) is 64.3. The maximum Gasteiger partial charge on any atom is 0.334 e. The van der Waals surface area contributed by atoms with Crippen molar-refractivity contribution in [2.24, 2.45) is 0 Å². The van der Waals surface area contributed by atoms with Crippen molar-refractivity contribution in [3.8, 4) is 0 Å². The van der Waals surface area contributed by atoms with Gasteiger partial charge >= 0.3 is 17.8 Å². The topological polar surface area (TPSA) is 107 Å². The fourth-order valence-corrected chi connectivity index (χ4v) is 3.20. The van der Waals surface area contributed by atoms with Gasteiger partial charge in [0, 0.05) is 17.5 Å². The monoisotopic (exact) mass is 394 g/mol. The van der Waals surface area contributed by atoms with Gasteiger partial charge in [0.05, 0.1) is 13.1 Å². The number of carbonyl (C=O) groups is 5. The Morgan fingerprint density at radius 2 is 1.93 bits per heavy atom. The van der Waals surface area contributed by atoms with Gasteiger partial charge < -0.3 is 10.2 Å².